The average Bonchev–Trinajstić information content (AvgIpc) is 2.57. The Kier molecular flexibility index (Phi) is 6.28. The molecule has 2 amide bonds. The molecule has 1 aromatic carbocycles. The van der Waals surface area contributed by atoms with Gasteiger partial charge in [-0.3, -0.25) is 9.59 Å². The van der Waals surface area contributed by atoms with Gasteiger partial charge in [0.1, 0.15) is 11.4 Å². The lowest BCUT2D eigenvalue weighted by Gasteiger charge is -2.10. The van der Waals surface area contributed by atoms with Crippen molar-refractivity contribution >= 4 is 17.5 Å². The first kappa shape index (κ1) is 18.6. The van der Waals surface area contributed by atoms with Crippen molar-refractivity contribution in [2.45, 2.75) is 34.1 Å². The van der Waals surface area contributed by atoms with E-state index in [1.165, 1.54) is 0 Å². The third kappa shape index (κ3) is 5.41. The van der Waals surface area contributed by atoms with Gasteiger partial charge >= 0.3 is 0 Å². The Hall–Kier alpha value is -2.69. The van der Waals surface area contributed by atoms with Gasteiger partial charge in [-0.05, 0) is 49.9 Å². The molecule has 25 heavy (non-hydrogen) atoms. The van der Waals surface area contributed by atoms with Crippen LogP contribution in [0.3, 0.4) is 0 Å². The Bertz CT molecular complexity index is 769. The number of nitrogens with one attached hydrogen (secondary N) is 2. The fourth-order valence-electron chi connectivity index (χ4n) is 2.39. The van der Waals surface area contributed by atoms with E-state index < -0.39 is 0 Å². The number of carbonyl (C=O) groups excluding carboxylic acids is 2. The summed E-state index contributed by atoms with van der Waals surface area (Å²) >= 11 is 0. The van der Waals surface area contributed by atoms with Gasteiger partial charge in [0.25, 0.3) is 11.8 Å². The van der Waals surface area contributed by atoms with E-state index >= 15 is 0 Å². The van der Waals surface area contributed by atoms with Crippen LogP contribution in [0.25, 0.3) is 0 Å². The van der Waals surface area contributed by atoms with Crippen molar-refractivity contribution in [2.75, 3.05) is 11.9 Å². The number of aromatic nitrogens is 1. The minimum atomic E-state index is -0.330. The molecule has 2 aromatic rings. The normalized spacial score (nSPS) is 10.6. The van der Waals surface area contributed by atoms with Crippen LogP contribution in [0.1, 0.15) is 52.4 Å². The van der Waals surface area contributed by atoms with Crippen molar-refractivity contribution in [3.05, 3.63) is 58.9 Å². The molecule has 5 nitrogen and oxygen atoms in total. The lowest BCUT2D eigenvalue weighted by atomic mass is 10.1. The van der Waals surface area contributed by atoms with E-state index in [4.69, 9.17) is 0 Å². The van der Waals surface area contributed by atoms with Crippen molar-refractivity contribution in [3.8, 4) is 0 Å². The summed E-state index contributed by atoms with van der Waals surface area (Å²) in [5, 5.41) is 5.67. The molecule has 1 aromatic heterocycles. The number of hydrogen-bond acceptors (Lipinski definition) is 3. The summed E-state index contributed by atoms with van der Waals surface area (Å²) < 4.78 is 0. The molecule has 1 heterocycles. The molecule has 0 saturated carbocycles. The Morgan fingerprint density at radius 2 is 1.72 bits per heavy atom. The molecule has 0 aliphatic rings. The second-order valence-corrected chi connectivity index (χ2v) is 6.62. The maximum absolute atomic E-state index is 12.4. The van der Waals surface area contributed by atoms with Crippen LogP contribution in [-0.4, -0.2) is 23.3 Å². The lowest BCUT2D eigenvalue weighted by molar-refractivity contribution is 0.0947. The van der Waals surface area contributed by atoms with E-state index in [0.29, 0.717) is 12.5 Å². The zero-order chi connectivity index (χ0) is 18.4. The highest BCUT2D eigenvalue weighted by Crippen LogP contribution is 2.16. The fourth-order valence-corrected chi connectivity index (χ4v) is 2.39. The molecule has 0 bridgehead atoms. The van der Waals surface area contributed by atoms with E-state index in [-0.39, 0.29) is 23.2 Å². The van der Waals surface area contributed by atoms with Crippen LogP contribution >= 0.6 is 0 Å². The number of pyridine rings is 1. The Labute approximate surface area is 148 Å². The number of aryl methyl sites for hydroxylation is 2. The number of hydrogen-bond donors (Lipinski definition) is 2. The fraction of sp³-hybridized carbons (Fsp3) is 0.350. The van der Waals surface area contributed by atoms with Crippen LogP contribution < -0.4 is 10.6 Å². The van der Waals surface area contributed by atoms with Gasteiger partial charge < -0.3 is 10.6 Å². The molecule has 0 atom stereocenters. The molecule has 0 fully saturated rings. The molecule has 5 heteroatoms. The van der Waals surface area contributed by atoms with Gasteiger partial charge in [-0.15, -0.1) is 0 Å². The third-order valence-electron chi connectivity index (χ3n) is 3.85. The summed E-state index contributed by atoms with van der Waals surface area (Å²) in [5.74, 6) is -0.0753. The molecular weight excluding hydrogens is 314 g/mol. The van der Waals surface area contributed by atoms with Gasteiger partial charge in [-0.25, -0.2) is 4.98 Å². The molecule has 0 aliphatic carbocycles. The first-order valence-corrected chi connectivity index (χ1v) is 8.50. The predicted octanol–water partition coefficient (Wildman–Crippen LogP) is 3.73. The van der Waals surface area contributed by atoms with Crippen molar-refractivity contribution in [1.82, 2.24) is 10.3 Å². The van der Waals surface area contributed by atoms with Gasteiger partial charge in [-0.1, -0.05) is 37.6 Å². The van der Waals surface area contributed by atoms with Gasteiger partial charge in [0.2, 0.25) is 0 Å². The van der Waals surface area contributed by atoms with Crippen LogP contribution in [-0.2, 0) is 0 Å². The Morgan fingerprint density at radius 3 is 2.36 bits per heavy atom. The maximum atomic E-state index is 12.4. The van der Waals surface area contributed by atoms with Crippen LogP contribution in [0.15, 0.2) is 36.4 Å². The average molecular weight is 339 g/mol. The molecule has 0 unspecified atom stereocenters. The number of nitrogens with zero attached hydrogens (tertiary/aromatic N) is 1. The monoisotopic (exact) mass is 339 g/mol. The van der Waals surface area contributed by atoms with Gasteiger partial charge in [0.15, 0.2) is 0 Å². The van der Waals surface area contributed by atoms with Crippen LogP contribution in [0, 0.1) is 19.8 Å². The molecule has 2 N–H and O–H groups in total. The van der Waals surface area contributed by atoms with E-state index in [1.54, 1.807) is 18.2 Å². The number of anilines is 1. The molecule has 0 spiro atoms. The Morgan fingerprint density at radius 1 is 1.04 bits per heavy atom. The van der Waals surface area contributed by atoms with E-state index in [0.717, 1.165) is 23.2 Å². The molecule has 132 valence electrons. The van der Waals surface area contributed by atoms with Gasteiger partial charge in [0, 0.05) is 12.2 Å². The van der Waals surface area contributed by atoms with Crippen molar-refractivity contribution < 1.29 is 9.59 Å². The number of carbonyl (C=O) groups is 2. The first-order chi connectivity index (χ1) is 11.9. The number of amides is 2. The highest BCUT2D eigenvalue weighted by molar-refractivity contribution is 6.04. The van der Waals surface area contributed by atoms with Gasteiger partial charge in [-0.2, -0.15) is 0 Å². The van der Waals surface area contributed by atoms with Crippen LogP contribution in [0.4, 0.5) is 5.69 Å². The quantitative estimate of drug-likeness (QED) is 0.842. The Balaban J connectivity index is 2.06. The zero-order valence-electron chi connectivity index (χ0n) is 15.2. The molecule has 2 rings (SSSR count). The van der Waals surface area contributed by atoms with E-state index in [1.807, 2.05) is 32.0 Å². The topological polar surface area (TPSA) is 71.1 Å². The summed E-state index contributed by atoms with van der Waals surface area (Å²) in [6.07, 6.45) is 0.901. The van der Waals surface area contributed by atoms with Crippen LogP contribution in [0.2, 0.25) is 0 Å². The highest BCUT2D eigenvalue weighted by atomic mass is 16.2. The highest BCUT2D eigenvalue weighted by Gasteiger charge is 2.13. The molecular formula is C20H25N3O2. The zero-order valence-corrected chi connectivity index (χ0v) is 15.2. The largest absolute Gasteiger partial charge is 0.351 e. The molecule has 0 radical (unpaired) electrons. The van der Waals surface area contributed by atoms with Crippen molar-refractivity contribution in [2.24, 2.45) is 5.92 Å². The molecule has 0 aliphatic heterocycles. The molecule has 0 saturated heterocycles. The number of rotatable bonds is 6. The van der Waals surface area contributed by atoms with Crippen LogP contribution in [0.5, 0.6) is 0 Å². The second kappa shape index (κ2) is 8.42. The summed E-state index contributed by atoms with van der Waals surface area (Å²) in [5.41, 5.74) is 3.32. The lowest BCUT2D eigenvalue weighted by Crippen LogP contribution is -2.27. The first-order valence-electron chi connectivity index (χ1n) is 8.50. The summed E-state index contributed by atoms with van der Waals surface area (Å²) in [6, 6.07) is 10.7. The summed E-state index contributed by atoms with van der Waals surface area (Å²) in [4.78, 5) is 28.8. The number of benzene rings is 1. The van der Waals surface area contributed by atoms with E-state index in [9.17, 15) is 9.59 Å². The van der Waals surface area contributed by atoms with Crippen molar-refractivity contribution in [3.63, 3.8) is 0 Å². The smallest absolute Gasteiger partial charge is 0.274 e. The van der Waals surface area contributed by atoms with Crippen molar-refractivity contribution in [1.29, 1.82) is 0 Å². The minimum absolute atomic E-state index is 0.219. The third-order valence-corrected chi connectivity index (χ3v) is 3.85. The second-order valence-electron chi connectivity index (χ2n) is 6.62. The summed E-state index contributed by atoms with van der Waals surface area (Å²) in [7, 11) is 0. The van der Waals surface area contributed by atoms with E-state index in [2.05, 4.69) is 29.5 Å². The van der Waals surface area contributed by atoms with Gasteiger partial charge in [0.05, 0.1) is 0 Å². The maximum Gasteiger partial charge on any atom is 0.274 e. The SMILES string of the molecule is Cc1ccc(NC(=O)c2cccc(C(=O)NCCC(C)C)n2)c(C)c1. The predicted molar refractivity (Wildman–Crippen MR) is 99.9 cm³/mol. The summed E-state index contributed by atoms with van der Waals surface area (Å²) in [6.45, 7) is 8.73. The standard InChI is InChI=1S/C20H25N3O2/c1-13(2)10-11-21-19(24)17-6-5-7-18(22-17)20(25)23-16-9-8-14(3)12-15(16)4/h5-9,12-13H,10-11H2,1-4H3,(H,21,24)(H,23,25). The minimum Gasteiger partial charge on any atom is -0.351 e.